The molecule has 1 aromatic carbocycles. The van der Waals surface area contributed by atoms with Crippen molar-refractivity contribution >= 4 is 5.91 Å². The normalized spacial score (nSPS) is 14.2. The van der Waals surface area contributed by atoms with E-state index in [2.05, 4.69) is 15.1 Å². The fraction of sp³-hybridized carbons (Fsp3) is 0.333. The molecule has 0 saturated carbocycles. The lowest BCUT2D eigenvalue weighted by Crippen LogP contribution is -2.48. The van der Waals surface area contributed by atoms with Crippen molar-refractivity contribution in [1.82, 2.24) is 20.0 Å². The van der Waals surface area contributed by atoms with Gasteiger partial charge in [-0.1, -0.05) is 35.5 Å². The Kier molecular flexibility index (Phi) is 4.96. The second kappa shape index (κ2) is 7.70. The maximum absolute atomic E-state index is 12.3. The molecular formula is C21H22N4O2. The number of aromatic nitrogens is 3. The second-order valence-corrected chi connectivity index (χ2v) is 6.93. The van der Waals surface area contributed by atoms with Crippen LogP contribution in [0.3, 0.4) is 0 Å². The van der Waals surface area contributed by atoms with E-state index >= 15 is 0 Å². The molecule has 0 spiro atoms. The molecule has 138 valence electrons. The van der Waals surface area contributed by atoms with Gasteiger partial charge in [-0.2, -0.15) is 4.98 Å². The Bertz CT molecular complexity index is 917. The number of hydrogen-bond acceptors (Lipinski definition) is 5. The van der Waals surface area contributed by atoms with Gasteiger partial charge in [0.15, 0.2) is 0 Å². The number of pyridine rings is 1. The van der Waals surface area contributed by atoms with Gasteiger partial charge in [-0.05, 0) is 31.0 Å². The first-order valence-electron chi connectivity index (χ1n) is 9.28. The van der Waals surface area contributed by atoms with E-state index in [0.717, 1.165) is 29.9 Å². The molecule has 0 radical (unpaired) electrons. The van der Waals surface area contributed by atoms with Crippen molar-refractivity contribution in [2.75, 3.05) is 13.1 Å². The summed E-state index contributed by atoms with van der Waals surface area (Å²) >= 11 is 0. The molecular weight excluding hydrogens is 340 g/mol. The van der Waals surface area contributed by atoms with Crippen LogP contribution in [-0.4, -0.2) is 39.0 Å². The summed E-state index contributed by atoms with van der Waals surface area (Å²) < 4.78 is 5.34. The van der Waals surface area contributed by atoms with Crippen LogP contribution < -0.4 is 0 Å². The zero-order chi connectivity index (χ0) is 18.6. The highest BCUT2D eigenvalue weighted by Crippen LogP contribution is 2.26. The molecule has 27 heavy (non-hydrogen) atoms. The van der Waals surface area contributed by atoms with E-state index in [1.165, 1.54) is 0 Å². The molecule has 1 aliphatic rings. The molecule has 0 N–H and O–H groups in total. The van der Waals surface area contributed by atoms with Gasteiger partial charge < -0.3 is 9.42 Å². The summed E-state index contributed by atoms with van der Waals surface area (Å²) in [6.45, 7) is 3.54. The average molecular weight is 362 g/mol. The Morgan fingerprint density at radius 3 is 2.78 bits per heavy atom. The Balaban J connectivity index is 1.24. The van der Waals surface area contributed by atoms with E-state index in [1.54, 1.807) is 6.20 Å². The van der Waals surface area contributed by atoms with Crippen LogP contribution in [0.5, 0.6) is 0 Å². The number of benzene rings is 1. The Hall–Kier alpha value is -3.02. The quantitative estimate of drug-likeness (QED) is 0.672. The highest BCUT2D eigenvalue weighted by molar-refractivity contribution is 5.77. The third-order valence-corrected chi connectivity index (χ3v) is 4.98. The van der Waals surface area contributed by atoms with E-state index in [1.807, 2.05) is 54.3 Å². The highest BCUT2D eigenvalue weighted by Gasteiger charge is 2.31. The second-order valence-electron chi connectivity index (χ2n) is 6.93. The van der Waals surface area contributed by atoms with E-state index < -0.39 is 0 Å². The maximum atomic E-state index is 12.3. The predicted octanol–water partition coefficient (Wildman–Crippen LogP) is 3.39. The van der Waals surface area contributed by atoms with E-state index in [-0.39, 0.29) is 5.91 Å². The summed E-state index contributed by atoms with van der Waals surface area (Å²) in [5.74, 6) is 1.73. The smallest absolute Gasteiger partial charge is 0.226 e. The molecule has 1 aliphatic heterocycles. The molecule has 6 nitrogen and oxygen atoms in total. The zero-order valence-corrected chi connectivity index (χ0v) is 15.3. The minimum atomic E-state index is 0.181. The summed E-state index contributed by atoms with van der Waals surface area (Å²) in [5.41, 5.74) is 3.15. The van der Waals surface area contributed by atoms with Gasteiger partial charge >= 0.3 is 0 Å². The summed E-state index contributed by atoms with van der Waals surface area (Å²) in [6.07, 6.45) is 3.62. The minimum Gasteiger partial charge on any atom is -0.341 e. The number of amides is 1. The molecule has 4 rings (SSSR count). The van der Waals surface area contributed by atoms with Gasteiger partial charge in [-0.25, -0.2) is 0 Å². The van der Waals surface area contributed by atoms with Crippen LogP contribution in [0, 0.1) is 6.92 Å². The van der Waals surface area contributed by atoms with Crippen molar-refractivity contribution in [2.45, 2.75) is 32.1 Å². The highest BCUT2D eigenvalue weighted by atomic mass is 16.5. The molecule has 2 aromatic heterocycles. The summed E-state index contributed by atoms with van der Waals surface area (Å²) in [6, 6.07) is 13.9. The molecule has 0 aliphatic carbocycles. The Morgan fingerprint density at radius 1 is 1.19 bits per heavy atom. The van der Waals surface area contributed by atoms with E-state index in [4.69, 9.17) is 4.52 Å². The lowest BCUT2D eigenvalue weighted by molar-refractivity contribution is -0.135. The van der Waals surface area contributed by atoms with Crippen LogP contribution in [0.4, 0.5) is 0 Å². The van der Waals surface area contributed by atoms with Crippen LogP contribution in [0.1, 0.15) is 35.9 Å². The standard InChI is InChI=1S/C21H22N4O2/c1-15-7-2-3-8-17(15)21-23-19(27-24-21)10-6-11-20(26)25-13-16(14-25)18-9-4-5-12-22-18/h2-5,7-9,12,16H,6,10-11,13-14H2,1H3. The minimum absolute atomic E-state index is 0.181. The molecule has 1 saturated heterocycles. The first-order chi connectivity index (χ1) is 13.2. The zero-order valence-electron chi connectivity index (χ0n) is 15.3. The van der Waals surface area contributed by atoms with Crippen LogP contribution in [0.15, 0.2) is 53.2 Å². The van der Waals surface area contributed by atoms with Crippen LogP contribution in [0.25, 0.3) is 11.4 Å². The molecule has 3 aromatic rings. The number of hydrogen-bond donors (Lipinski definition) is 0. The van der Waals surface area contributed by atoms with Crippen molar-refractivity contribution < 1.29 is 9.32 Å². The summed E-state index contributed by atoms with van der Waals surface area (Å²) in [5, 5.41) is 4.06. The Labute approximate surface area is 158 Å². The summed E-state index contributed by atoms with van der Waals surface area (Å²) in [7, 11) is 0. The van der Waals surface area contributed by atoms with Crippen molar-refractivity contribution in [3.63, 3.8) is 0 Å². The predicted molar refractivity (Wildman–Crippen MR) is 101 cm³/mol. The molecule has 3 heterocycles. The number of carbonyl (C=O) groups is 1. The fourth-order valence-electron chi connectivity index (χ4n) is 3.33. The van der Waals surface area contributed by atoms with Gasteiger partial charge in [0.05, 0.1) is 0 Å². The molecule has 6 heteroatoms. The fourth-order valence-corrected chi connectivity index (χ4v) is 3.33. The maximum Gasteiger partial charge on any atom is 0.226 e. The molecule has 0 atom stereocenters. The largest absolute Gasteiger partial charge is 0.341 e. The third kappa shape index (κ3) is 3.89. The topological polar surface area (TPSA) is 72.1 Å². The lowest BCUT2D eigenvalue weighted by Gasteiger charge is -2.39. The SMILES string of the molecule is Cc1ccccc1-c1noc(CCCC(=O)N2CC(c3ccccn3)C2)n1. The molecule has 0 bridgehead atoms. The van der Waals surface area contributed by atoms with E-state index in [0.29, 0.717) is 36.9 Å². The molecule has 1 fully saturated rings. The van der Waals surface area contributed by atoms with Crippen molar-refractivity contribution in [2.24, 2.45) is 0 Å². The van der Waals surface area contributed by atoms with Gasteiger partial charge in [0.1, 0.15) is 0 Å². The lowest BCUT2D eigenvalue weighted by atomic mass is 9.95. The van der Waals surface area contributed by atoms with Crippen LogP contribution in [0.2, 0.25) is 0 Å². The number of aryl methyl sites for hydroxylation is 2. The van der Waals surface area contributed by atoms with E-state index in [9.17, 15) is 4.79 Å². The summed E-state index contributed by atoms with van der Waals surface area (Å²) in [4.78, 5) is 23.0. The van der Waals surface area contributed by atoms with Gasteiger partial charge in [0.25, 0.3) is 0 Å². The van der Waals surface area contributed by atoms with Gasteiger partial charge in [0.2, 0.25) is 17.6 Å². The van der Waals surface area contributed by atoms with Crippen molar-refractivity contribution in [3.05, 3.63) is 65.8 Å². The van der Waals surface area contributed by atoms with Gasteiger partial charge in [-0.15, -0.1) is 0 Å². The van der Waals surface area contributed by atoms with Crippen molar-refractivity contribution in [1.29, 1.82) is 0 Å². The number of nitrogens with zero attached hydrogens (tertiary/aromatic N) is 4. The Morgan fingerprint density at radius 2 is 2.00 bits per heavy atom. The average Bonchev–Trinajstić information content (AvgIpc) is 3.10. The van der Waals surface area contributed by atoms with Crippen molar-refractivity contribution in [3.8, 4) is 11.4 Å². The first kappa shape index (κ1) is 17.4. The number of rotatable bonds is 6. The van der Waals surface area contributed by atoms with Gasteiger partial charge in [0, 0.05) is 49.3 Å². The molecule has 1 amide bonds. The first-order valence-corrected chi connectivity index (χ1v) is 9.28. The van der Waals surface area contributed by atoms with Crippen LogP contribution in [-0.2, 0) is 11.2 Å². The monoisotopic (exact) mass is 362 g/mol. The third-order valence-electron chi connectivity index (χ3n) is 4.98. The molecule has 0 unspecified atom stereocenters. The van der Waals surface area contributed by atoms with Gasteiger partial charge in [-0.3, -0.25) is 9.78 Å². The number of carbonyl (C=O) groups excluding carboxylic acids is 1. The van der Waals surface area contributed by atoms with Crippen LogP contribution >= 0.6 is 0 Å². The number of likely N-dealkylation sites (tertiary alicyclic amines) is 1.